The second kappa shape index (κ2) is 9.89. The van der Waals surface area contributed by atoms with E-state index in [-0.39, 0.29) is 30.9 Å². The van der Waals surface area contributed by atoms with Gasteiger partial charge in [-0.1, -0.05) is 31.5 Å². The maximum Gasteiger partial charge on any atom is 0.243 e. The Morgan fingerprint density at radius 2 is 2.04 bits per heavy atom. The predicted octanol–water partition coefficient (Wildman–Crippen LogP) is 2.35. The molecule has 0 fully saturated rings. The molecule has 0 spiro atoms. The molecule has 0 aliphatic rings. The molecule has 1 aromatic carbocycles. The fraction of sp³-hybridized carbons (Fsp3) is 0.316. The van der Waals surface area contributed by atoms with Gasteiger partial charge in [0.1, 0.15) is 12.4 Å². The van der Waals surface area contributed by atoms with E-state index in [4.69, 9.17) is 22.1 Å². The van der Waals surface area contributed by atoms with E-state index >= 15 is 0 Å². The highest BCUT2D eigenvalue weighted by molar-refractivity contribution is 6.32. The third-order valence-corrected chi connectivity index (χ3v) is 4.06. The Morgan fingerprint density at radius 3 is 2.67 bits per heavy atom. The SMILES string of the molecule is CC(C)[C@H](N)C(=O)NCC(=O)Nc1ccc(OCc2ccccn2)c(Cl)c1. The van der Waals surface area contributed by atoms with E-state index < -0.39 is 6.04 Å². The van der Waals surface area contributed by atoms with Gasteiger partial charge in [-0.25, -0.2) is 0 Å². The first-order chi connectivity index (χ1) is 12.9. The summed E-state index contributed by atoms with van der Waals surface area (Å²) >= 11 is 6.20. The van der Waals surface area contributed by atoms with Crippen LogP contribution in [0.3, 0.4) is 0 Å². The molecule has 1 aromatic heterocycles. The molecule has 7 nitrogen and oxygen atoms in total. The van der Waals surface area contributed by atoms with Gasteiger partial charge in [-0.15, -0.1) is 0 Å². The van der Waals surface area contributed by atoms with Gasteiger partial charge in [0, 0.05) is 11.9 Å². The highest BCUT2D eigenvalue weighted by Gasteiger charge is 2.17. The van der Waals surface area contributed by atoms with Crippen molar-refractivity contribution in [3.8, 4) is 5.75 Å². The Labute approximate surface area is 163 Å². The third-order valence-electron chi connectivity index (χ3n) is 3.76. The zero-order valence-corrected chi connectivity index (χ0v) is 16.0. The van der Waals surface area contributed by atoms with Gasteiger partial charge in [-0.3, -0.25) is 14.6 Å². The summed E-state index contributed by atoms with van der Waals surface area (Å²) in [6.45, 7) is 3.79. The molecular weight excluding hydrogens is 368 g/mol. The summed E-state index contributed by atoms with van der Waals surface area (Å²) in [7, 11) is 0. The molecule has 0 radical (unpaired) electrons. The minimum absolute atomic E-state index is 0.00880. The summed E-state index contributed by atoms with van der Waals surface area (Å²) in [5.41, 5.74) is 7.00. The summed E-state index contributed by atoms with van der Waals surface area (Å²) in [4.78, 5) is 27.9. The number of nitrogens with one attached hydrogen (secondary N) is 2. The maximum atomic E-state index is 12.0. The van der Waals surface area contributed by atoms with E-state index in [1.54, 1.807) is 24.4 Å². The average molecular weight is 391 g/mol. The molecule has 144 valence electrons. The lowest BCUT2D eigenvalue weighted by Gasteiger charge is -2.15. The summed E-state index contributed by atoms with van der Waals surface area (Å²) < 4.78 is 5.63. The van der Waals surface area contributed by atoms with Gasteiger partial charge >= 0.3 is 0 Å². The molecule has 2 rings (SSSR count). The summed E-state index contributed by atoms with van der Waals surface area (Å²) in [6, 6.07) is 9.80. The first-order valence-corrected chi connectivity index (χ1v) is 8.90. The molecule has 8 heteroatoms. The first kappa shape index (κ1) is 20.7. The number of amides is 2. The van der Waals surface area contributed by atoms with Gasteiger partial charge in [0.15, 0.2) is 0 Å². The molecule has 0 bridgehead atoms. The quantitative estimate of drug-likeness (QED) is 0.641. The van der Waals surface area contributed by atoms with E-state index in [0.29, 0.717) is 16.5 Å². The average Bonchev–Trinajstić information content (AvgIpc) is 2.65. The van der Waals surface area contributed by atoms with Crippen molar-refractivity contribution in [2.45, 2.75) is 26.5 Å². The highest BCUT2D eigenvalue weighted by Crippen LogP contribution is 2.28. The Balaban J connectivity index is 1.85. The van der Waals surface area contributed by atoms with E-state index in [1.165, 1.54) is 0 Å². The topological polar surface area (TPSA) is 106 Å². The Kier molecular flexibility index (Phi) is 7.57. The first-order valence-electron chi connectivity index (χ1n) is 8.52. The van der Waals surface area contributed by atoms with Crippen molar-refractivity contribution in [3.05, 3.63) is 53.3 Å². The Morgan fingerprint density at radius 1 is 1.26 bits per heavy atom. The van der Waals surface area contributed by atoms with E-state index in [1.807, 2.05) is 32.0 Å². The van der Waals surface area contributed by atoms with Crippen LogP contribution in [0.5, 0.6) is 5.75 Å². The molecule has 0 aliphatic heterocycles. The van der Waals surface area contributed by atoms with Crippen molar-refractivity contribution in [2.75, 3.05) is 11.9 Å². The smallest absolute Gasteiger partial charge is 0.243 e. The second-order valence-corrected chi connectivity index (χ2v) is 6.70. The van der Waals surface area contributed by atoms with Crippen molar-refractivity contribution in [2.24, 2.45) is 11.7 Å². The van der Waals surface area contributed by atoms with Crippen molar-refractivity contribution in [3.63, 3.8) is 0 Å². The van der Waals surface area contributed by atoms with Crippen LogP contribution in [0.1, 0.15) is 19.5 Å². The molecule has 0 unspecified atom stereocenters. The normalized spacial score (nSPS) is 11.7. The molecule has 2 amide bonds. The molecule has 0 saturated heterocycles. The lowest BCUT2D eigenvalue weighted by Crippen LogP contribution is -2.46. The van der Waals surface area contributed by atoms with E-state index in [0.717, 1.165) is 5.69 Å². The minimum Gasteiger partial charge on any atom is -0.486 e. The highest BCUT2D eigenvalue weighted by atomic mass is 35.5. The number of nitrogens with two attached hydrogens (primary N) is 1. The number of benzene rings is 1. The van der Waals surface area contributed by atoms with Crippen LogP contribution in [-0.2, 0) is 16.2 Å². The number of halogens is 1. The van der Waals surface area contributed by atoms with Gasteiger partial charge in [-0.05, 0) is 36.2 Å². The number of rotatable bonds is 8. The molecule has 27 heavy (non-hydrogen) atoms. The van der Waals surface area contributed by atoms with Crippen molar-refractivity contribution >= 4 is 29.1 Å². The summed E-state index contributed by atoms with van der Waals surface area (Å²) in [5, 5.41) is 5.52. The number of hydrogen-bond donors (Lipinski definition) is 3. The van der Waals surface area contributed by atoms with Crippen LogP contribution < -0.4 is 21.1 Å². The van der Waals surface area contributed by atoms with Crippen LogP contribution in [0.25, 0.3) is 0 Å². The number of carbonyl (C=O) groups is 2. The molecule has 0 aliphatic carbocycles. The van der Waals surface area contributed by atoms with Crippen LogP contribution >= 0.6 is 11.6 Å². The molecule has 0 saturated carbocycles. The van der Waals surface area contributed by atoms with Crippen LogP contribution in [0.15, 0.2) is 42.6 Å². The van der Waals surface area contributed by atoms with Crippen LogP contribution in [-0.4, -0.2) is 29.4 Å². The van der Waals surface area contributed by atoms with Gasteiger partial charge in [0.2, 0.25) is 11.8 Å². The third kappa shape index (κ3) is 6.54. The van der Waals surface area contributed by atoms with Crippen molar-refractivity contribution in [1.82, 2.24) is 10.3 Å². The Hall–Kier alpha value is -2.64. The molecule has 2 aromatic rings. The fourth-order valence-electron chi connectivity index (χ4n) is 2.12. The van der Waals surface area contributed by atoms with Crippen LogP contribution in [0, 0.1) is 5.92 Å². The summed E-state index contributed by atoms with van der Waals surface area (Å²) in [5.74, 6) is -0.268. The van der Waals surface area contributed by atoms with Crippen LogP contribution in [0.4, 0.5) is 5.69 Å². The number of carbonyl (C=O) groups excluding carboxylic acids is 2. The van der Waals surface area contributed by atoms with Gasteiger partial charge < -0.3 is 21.1 Å². The van der Waals surface area contributed by atoms with E-state index in [9.17, 15) is 9.59 Å². The Bertz CT molecular complexity index is 784. The molecule has 4 N–H and O–H groups in total. The number of pyridine rings is 1. The zero-order chi connectivity index (χ0) is 19.8. The minimum atomic E-state index is -0.650. The second-order valence-electron chi connectivity index (χ2n) is 6.29. The molecule has 1 atom stereocenters. The maximum absolute atomic E-state index is 12.0. The lowest BCUT2D eigenvalue weighted by molar-refractivity contribution is -0.125. The van der Waals surface area contributed by atoms with E-state index in [2.05, 4.69) is 15.6 Å². The zero-order valence-electron chi connectivity index (χ0n) is 15.2. The van der Waals surface area contributed by atoms with Crippen molar-refractivity contribution in [1.29, 1.82) is 0 Å². The van der Waals surface area contributed by atoms with Crippen molar-refractivity contribution < 1.29 is 14.3 Å². The number of ether oxygens (including phenoxy) is 1. The predicted molar refractivity (Wildman–Crippen MR) is 104 cm³/mol. The monoisotopic (exact) mass is 390 g/mol. The molecular formula is C19H23ClN4O3. The van der Waals surface area contributed by atoms with Crippen LogP contribution in [0.2, 0.25) is 5.02 Å². The standard InChI is InChI=1S/C19H23ClN4O3/c1-12(2)18(21)19(26)23-10-17(25)24-13-6-7-16(15(20)9-13)27-11-14-5-3-4-8-22-14/h3-9,12,18H,10-11,21H2,1-2H3,(H,23,26)(H,24,25)/t18-/m0/s1. The number of hydrogen-bond acceptors (Lipinski definition) is 5. The number of aromatic nitrogens is 1. The van der Waals surface area contributed by atoms with Gasteiger partial charge in [0.25, 0.3) is 0 Å². The summed E-state index contributed by atoms with van der Waals surface area (Å²) in [6.07, 6.45) is 1.69. The number of anilines is 1. The van der Waals surface area contributed by atoms with Gasteiger partial charge in [0.05, 0.1) is 23.3 Å². The number of nitrogens with zero attached hydrogens (tertiary/aromatic N) is 1. The molecule has 1 heterocycles. The fourth-order valence-corrected chi connectivity index (χ4v) is 2.36. The lowest BCUT2D eigenvalue weighted by atomic mass is 10.1. The van der Waals surface area contributed by atoms with Gasteiger partial charge in [-0.2, -0.15) is 0 Å². The largest absolute Gasteiger partial charge is 0.486 e.